The summed E-state index contributed by atoms with van der Waals surface area (Å²) < 4.78 is 10.4. The molecule has 3 aromatic rings. The summed E-state index contributed by atoms with van der Waals surface area (Å²) in [6, 6.07) is 12.3. The Labute approximate surface area is 243 Å². The maximum Gasteiger partial charge on any atom is 0.343 e. The number of hydrogen-bond acceptors (Lipinski definition) is 11. The Bertz CT molecular complexity index is 1650. The maximum absolute atomic E-state index is 13.1. The number of nitrogens with zero attached hydrogens (tertiary/aromatic N) is 3. The summed E-state index contributed by atoms with van der Waals surface area (Å²) >= 11 is 0. The number of nitro benzene ring substituents is 2. The summed E-state index contributed by atoms with van der Waals surface area (Å²) in [5, 5.41) is 22.2. The standard InChI is InChI=1S/C29H23N3O11/c1-16(2)14-23(30-26(34)21-4-3-5-22(32(40)41)25(21)27(30)35)29(37)42-15-24(33)17-8-12-20(13-9-17)43-28(36)18-6-10-19(11-7-18)31(38)39/h3-13,16,23H,14-15H2,1-2H3. The molecule has 220 valence electrons. The fourth-order valence-corrected chi connectivity index (χ4v) is 4.38. The summed E-state index contributed by atoms with van der Waals surface area (Å²) in [7, 11) is 0. The van der Waals surface area contributed by atoms with Crippen LogP contribution >= 0.6 is 0 Å². The normalized spacial score (nSPS) is 13.0. The fraction of sp³-hybridized carbons (Fsp3) is 0.207. The van der Waals surface area contributed by atoms with E-state index in [9.17, 15) is 44.2 Å². The van der Waals surface area contributed by atoms with E-state index in [0.29, 0.717) is 4.90 Å². The first-order valence-corrected chi connectivity index (χ1v) is 12.8. The van der Waals surface area contributed by atoms with Gasteiger partial charge in [0.2, 0.25) is 0 Å². The van der Waals surface area contributed by atoms with E-state index in [1.807, 2.05) is 0 Å². The van der Waals surface area contributed by atoms with E-state index in [-0.39, 0.29) is 40.5 Å². The van der Waals surface area contributed by atoms with Gasteiger partial charge in [-0.25, -0.2) is 9.59 Å². The van der Waals surface area contributed by atoms with Gasteiger partial charge in [0.15, 0.2) is 12.4 Å². The van der Waals surface area contributed by atoms with Crippen LogP contribution in [-0.4, -0.2) is 56.9 Å². The first-order chi connectivity index (χ1) is 20.4. The minimum atomic E-state index is -1.43. The lowest BCUT2D eigenvalue weighted by atomic mass is 10.0. The van der Waals surface area contributed by atoms with E-state index in [2.05, 4.69) is 0 Å². The molecule has 0 radical (unpaired) electrons. The zero-order valence-corrected chi connectivity index (χ0v) is 22.8. The smallest absolute Gasteiger partial charge is 0.343 e. The van der Waals surface area contributed by atoms with Gasteiger partial charge in [0, 0.05) is 23.8 Å². The molecule has 1 aliphatic rings. The molecule has 0 aromatic heterocycles. The topological polar surface area (TPSA) is 193 Å². The van der Waals surface area contributed by atoms with Crippen LogP contribution in [0.3, 0.4) is 0 Å². The van der Waals surface area contributed by atoms with E-state index in [4.69, 9.17) is 9.47 Å². The van der Waals surface area contributed by atoms with Crippen molar-refractivity contribution in [1.29, 1.82) is 0 Å². The van der Waals surface area contributed by atoms with Crippen LogP contribution in [0.2, 0.25) is 0 Å². The second-order valence-electron chi connectivity index (χ2n) is 9.83. The zero-order chi connectivity index (χ0) is 31.4. The van der Waals surface area contributed by atoms with Gasteiger partial charge in [0.05, 0.1) is 21.0 Å². The number of amides is 2. The third-order valence-electron chi connectivity index (χ3n) is 6.45. The van der Waals surface area contributed by atoms with E-state index in [0.717, 1.165) is 18.2 Å². The molecule has 4 rings (SSSR count). The van der Waals surface area contributed by atoms with Gasteiger partial charge in [0.1, 0.15) is 17.4 Å². The van der Waals surface area contributed by atoms with Crippen molar-refractivity contribution >= 4 is 40.9 Å². The quantitative estimate of drug-likeness (QED) is 0.0778. The highest BCUT2D eigenvalue weighted by Gasteiger charge is 2.47. The number of Topliss-reactive ketones (excluding diaryl/α,β-unsaturated/α-hetero) is 1. The average Bonchev–Trinajstić information content (AvgIpc) is 3.23. The van der Waals surface area contributed by atoms with Crippen LogP contribution in [0.5, 0.6) is 5.75 Å². The van der Waals surface area contributed by atoms with Gasteiger partial charge in [-0.05, 0) is 54.8 Å². The highest BCUT2D eigenvalue weighted by Crippen LogP contribution is 2.33. The lowest BCUT2D eigenvalue weighted by Gasteiger charge is -2.25. The fourth-order valence-electron chi connectivity index (χ4n) is 4.38. The molecule has 14 nitrogen and oxygen atoms in total. The second kappa shape index (κ2) is 12.4. The molecule has 2 amide bonds. The van der Waals surface area contributed by atoms with E-state index < -0.39 is 63.3 Å². The molecular weight excluding hydrogens is 566 g/mol. The van der Waals surface area contributed by atoms with Crippen molar-refractivity contribution in [2.75, 3.05) is 6.61 Å². The van der Waals surface area contributed by atoms with Crippen LogP contribution in [0.4, 0.5) is 11.4 Å². The molecule has 0 N–H and O–H groups in total. The molecule has 0 spiro atoms. The van der Waals surface area contributed by atoms with E-state index in [1.54, 1.807) is 13.8 Å². The average molecular weight is 590 g/mol. The molecule has 1 aliphatic heterocycles. The van der Waals surface area contributed by atoms with Crippen LogP contribution < -0.4 is 4.74 Å². The Morgan fingerprint density at radius 1 is 0.837 bits per heavy atom. The summed E-state index contributed by atoms with van der Waals surface area (Å²) in [5.74, 6) is -4.45. The Morgan fingerprint density at radius 2 is 1.47 bits per heavy atom. The monoisotopic (exact) mass is 589 g/mol. The number of fused-ring (bicyclic) bond motifs is 1. The SMILES string of the molecule is CC(C)CC(C(=O)OCC(=O)c1ccc(OC(=O)c2ccc([N+](=O)[O-])cc2)cc1)N1C(=O)c2cccc([N+](=O)[O-])c2C1=O. The summed E-state index contributed by atoms with van der Waals surface area (Å²) in [4.78, 5) is 85.7. The first-order valence-electron chi connectivity index (χ1n) is 12.8. The minimum absolute atomic E-state index is 0.0128. The number of nitro groups is 2. The minimum Gasteiger partial charge on any atom is -0.456 e. The Morgan fingerprint density at radius 3 is 2.05 bits per heavy atom. The largest absolute Gasteiger partial charge is 0.456 e. The van der Waals surface area contributed by atoms with Gasteiger partial charge in [-0.3, -0.25) is 39.5 Å². The number of esters is 2. The van der Waals surface area contributed by atoms with Crippen molar-refractivity contribution in [3.63, 3.8) is 0 Å². The van der Waals surface area contributed by atoms with Crippen molar-refractivity contribution in [1.82, 2.24) is 4.90 Å². The molecule has 3 aromatic carbocycles. The zero-order valence-electron chi connectivity index (χ0n) is 22.8. The molecule has 14 heteroatoms. The van der Waals surface area contributed by atoms with Gasteiger partial charge in [-0.2, -0.15) is 0 Å². The Balaban J connectivity index is 1.41. The first kappa shape index (κ1) is 30.2. The molecule has 1 atom stereocenters. The second-order valence-corrected chi connectivity index (χ2v) is 9.83. The highest BCUT2D eigenvalue weighted by molar-refractivity contribution is 6.24. The number of non-ortho nitro benzene ring substituents is 1. The van der Waals surface area contributed by atoms with Crippen molar-refractivity contribution in [2.24, 2.45) is 5.92 Å². The van der Waals surface area contributed by atoms with Crippen LogP contribution in [-0.2, 0) is 9.53 Å². The molecule has 0 saturated heterocycles. The number of ether oxygens (including phenoxy) is 2. The van der Waals surface area contributed by atoms with Crippen molar-refractivity contribution in [2.45, 2.75) is 26.3 Å². The number of hydrogen-bond donors (Lipinski definition) is 0. The number of carbonyl (C=O) groups excluding carboxylic acids is 5. The molecule has 43 heavy (non-hydrogen) atoms. The van der Waals surface area contributed by atoms with Crippen molar-refractivity contribution in [3.05, 3.63) is 109 Å². The van der Waals surface area contributed by atoms with E-state index >= 15 is 0 Å². The van der Waals surface area contributed by atoms with Crippen LogP contribution in [0.25, 0.3) is 0 Å². The van der Waals surface area contributed by atoms with E-state index in [1.165, 1.54) is 48.5 Å². The van der Waals surface area contributed by atoms with Crippen LogP contribution in [0.1, 0.15) is 61.7 Å². The molecule has 0 aliphatic carbocycles. The lowest BCUT2D eigenvalue weighted by Crippen LogP contribution is -2.46. The van der Waals surface area contributed by atoms with Gasteiger partial charge < -0.3 is 9.47 Å². The summed E-state index contributed by atoms with van der Waals surface area (Å²) in [6.07, 6.45) is -0.0128. The predicted octanol–water partition coefficient (Wildman–Crippen LogP) is 4.16. The molecule has 0 fully saturated rings. The number of ketones is 1. The molecular formula is C29H23N3O11. The van der Waals surface area contributed by atoms with Crippen LogP contribution in [0.15, 0.2) is 66.7 Å². The molecule has 1 unspecified atom stereocenters. The van der Waals surface area contributed by atoms with Gasteiger partial charge in [-0.15, -0.1) is 0 Å². The van der Waals surface area contributed by atoms with Gasteiger partial charge in [-0.1, -0.05) is 19.9 Å². The summed E-state index contributed by atoms with van der Waals surface area (Å²) in [5.41, 5.74) is -1.20. The Kier molecular flexibility index (Phi) is 8.69. The molecule has 0 bridgehead atoms. The number of imide groups is 1. The number of rotatable bonds is 11. The van der Waals surface area contributed by atoms with Gasteiger partial charge in [0.25, 0.3) is 23.2 Å². The number of benzene rings is 3. The van der Waals surface area contributed by atoms with Gasteiger partial charge >= 0.3 is 11.9 Å². The third-order valence-corrected chi connectivity index (χ3v) is 6.45. The lowest BCUT2D eigenvalue weighted by molar-refractivity contribution is -0.385. The van der Waals surface area contributed by atoms with Crippen molar-refractivity contribution < 1.29 is 43.3 Å². The predicted molar refractivity (Wildman–Crippen MR) is 147 cm³/mol. The van der Waals surface area contributed by atoms with Crippen LogP contribution in [0, 0.1) is 26.1 Å². The third kappa shape index (κ3) is 6.43. The number of carbonyl (C=O) groups is 5. The molecule has 0 saturated carbocycles. The Hall–Kier alpha value is -5.79. The van der Waals surface area contributed by atoms with Crippen molar-refractivity contribution in [3.8, 4) is 5.75 Å². The molecule has 1 heterocycles. The highest BCUT2D eigenvalue weighted by atomic mass is 16.6. The summed E-state index contributed by atoms with van der Waals surface area (Å²) in [6.45, 7) is 2.74. The maximum atomic E-state index is 13.1.